The lowest BCUT2D eigenvalue weighted by Gasteiger charge is -2.26. The third-order valence-corrected chi connectivity index (χ3v) is 3.63. The van der Waals surface area contributed by atoms with Gasteiger partial charge in [-0.2, -0.15) is 0 Å². The number of carbonyl (C=O) groups excluding carboxylic acids is 2. The molecular weight excluding hydrogens is 270 g/mol. The Hall–Kier alpha value is -1.92. The van der Waals surface area contributed by atoms with E-state index in [9.17, 15) is 9.59 Å². The normalized spacial score (nSPS) is 16.9. The Morgan fingerprint density at radius 3 is 3.00 bits per heavy atom. The lowest BCUT2D eigenvalue weighted by atomic mass is 10.1. The maximum absolute atomic E-state index is 12.1. The first-order chi connectivity index (χ1) is 10.1. The van der Waals surface area contributed by atoms with E-state index in [0.717, 1.165) is 31.6 Å². The van der Waals surface area contributed by atoms with Crippen molar-refractivity contribution in [2.45, 2.75) is 52.1 Å². The predicted octanol–water partition coefficient (Wildman–Crippen LogP) is 0.878. The molecule has 0 bridgehead atoms. The van der Waals surface area contributed by atoms with E-state index in [1.165, 1.54) is 0 Å². The second-order valence-electron chi connectivity index (χ2n) is 5.44. The molecule has 0 aliphatic carbocycles. The van der Waals surface area contributed by atoms with E-state index in [2.05, 4.69) is 22.4 Å². The highest BCUT2D eigenvalue weighted by Crippen LogP contribution is 2.12. The average Bonchev–Trinajstić information content (AvgIpc) is 2.90. The van der Waals surface area contributed by atoms with Crippen LogP contribution in [0.1, 0.15) is 51.4 Å². The summed E-state index contributed by atoms with van der Waals surface area (Å²) >= 11 is 0. The SMILES string of the molecule is CCCn1cnnc1[C@@H](C)NC(=O)CN1CCCCC1=O. The van der Waals surface area contributed by atoms with Gasteiger partial charge in [0.05, 0.1) is 12.6 Å². The summed E-state index contributed by atoms with van der Waals surface area (Å²) in [6, 6.07) is -0.216. The lowest BCUT2D eigenvalue weighted by Crippen LogP contribution is -2.43. The average molecular weight is 293 g/mol. The number of nitrogens with zero attached hydrogens (tertiary/aromatic N) is 4. The van der Waals surface area contributed by atoms with Crippen LogP contribution < -0.4 is 5.32 Å². The van der Waals surface area contributed by atoms with Gasteiger partial charge in [0.2, 0.25) is 11.8 Å². The van der Waals surface area contributed by atoms with Gasteiger partial charge in [-0.25, -0.2) is 0 Å². The molecule has 0 saturated carbocycles. The number of aromatic nitrogens is 3. The van der Waals surface area contributed by atoms with Crippen LogP contribution in [0.5, 0.6) is 0 Å². The molecule has 0 spiro atoms. The molecule has 21 heavy (non-hydrogen) atoms. The van der Waals surface area contributed by atoms with Crippen LogP contribution in [0.4, 0.5) is 0 Å². The van der Waals surface area contributed by atoms with Crippen LogP contribution in [-0.4, -0.2) is 44.6 Å². The first-order valence-corrected chi connectivity index (χ1v) is 7.56. The Kier molecular flexibility index (Phi) is 5.30. The van der Waals surface area contributed by atoms with Crippen LogP contribution in [0.2, 0.25) is 0 Å². The van der Waals surface area contributed by atoms with Gasteiger partial charge in [-0.05, 0) is 26.2 Å². The zero-order valence-corrected chi connectivity index (χ0v) is 12.7. The van der Waals surface area contributed by atoms with Crippen LogP contribution in [-0.2, 0) is 16.1 Å². The Labute approximate surface area is 124 Å². The number of hydrogen-bond acceptors (Lipinski definition) is 4. The van der Waals surface area contributed by atoms with E-state index in [1.54, 1.807) is 11.2 Å². The summed E-state index contributed by atoms with van der Waals surface area (Å²) in [5, 5.41) is 10.9. The lowest BCUT2D eigenvalue weighted by molar-refractivity contribution is -0.138. The standard InChI is InChI=1S/C14H23N5O2/c1-3-7-19-10-15-17-14(19)11(2)16-12(20)9-18-8-5-4-6-13(18)21/h10-11H,3-9H2,1-2H3,(H,16,20)/t11-/m1/s1. The van der Waals surface area contributed by atoms with Crippen LogP contribution in [0.3, 0.4) is 0 Å². The molecule has 7 heteroatoms. The molecule has 0 unspecified atom stereocenters. The molecule has 1 aliphatic heterocycles. The summed E-state index contributed by atoms with van der Waals surface area (Å²) in [6.07, 6.45) is 5.10. The molecule has 2 rings (SSSR count). The third kappa shape index (κ3) is 4.03. The van der Waals surface area contributed by atoms with Gasteiger partial charge >= 0.3 is 0 Å². The van der Waals surface area contributed by atoms with Gasteiger partial charge in [0.15, 0.2) is 5.82 Å². The number of carbonyl (C=O) groups is 2. The van der Waals surface area contributed by atoms with Crippen molar-refractivity contribution in [3.8, 4) is 0 Å². The summed E-state index contributed by atoms with van der Waals surface area (Å²) in [7, 11) is 0. The van der Waals surface area contributed by atoms with Gasteiger partial charge in [0.1, 0.15) is 6.33 Å². The highest BCUT2D eigenvalue weighted by atomic mass is 16.2. The maximum atomic E-state index is 12.1. The van der Waals surface area contributed by atoms with E-state index < -0.39 is 0 Å². The molecule has 116 valence electrons. The summed E-state index contributed by atoms with van der Waals surface area (Å²) < 4.78 is 1.94. The van der Waals surface area contributed by atoms with E-state index in [4.69, 9.17) is 0 Å². The zero-order valence-electron chi connectivity index (χ0n) is 12.7. The molecule has 7 nitrogen and oxygen atoms in total. The van der Waals surface area contributed by atoms with Crippen LogP contribution in [0, 0.1) is 0 Å². The van der Waals surface area contributed by atoms with Gasteiger partial charge in [-0.3, -0.25) is 9.59 Å². The molecule has 2 heterocycles. The molecule has 1 saturated heterocycles. The molecule has 1 N–H and O–H groups in total. The van der Waals surface area contributed by atoms with Crippen molar-refractivity contribution >= 4 is 11.8 Å². The summed E-state index contributed by atoms with van der Waals surface area (Å²) in [5.41, 5.74) is 0. The molecule has 1 aromatic rings. The molecule has 1 aromatic heterocycles. The topological polar surface area (TPSA) is 80.1 Å². The van der Waals surface area contributed by atoms with Crippen LogP contribution >= 0.6 is 0 Å². The van der Waals surface area contributed by atoms with E-state index in [-0.39, 0.29) is 24.4 Å². The molecule has 0 radical (unpaired) electrons. The van der Waals surface area contributed by atoms with Gasteiger partial charge in [-0.1, -0.05) is 6.92 Å². The Balaban J connectivity index is 1.89. The van der Waals surface area contributed by atoms with Crippen molar-refractivity contribution in [3.05, 3.63) is 12.2 Å². The highest BCUT2D eigenvalue weighted by molar-refractivity contribution is 5.85. The summed E-state index contributed by atoms with van der Waals surface area (Å²) in [4.78, 5) is 25.4. The minimum atomic E-state index is -0.216. The third-order valence-electron chi connectivity index (χ3n) is 3.63. The quantitative estimate of drug-likeness (QED) is 0.844. The van der Waals surface area contributed by atoms with Crippen molar-refractivity contribution < 1.29 is 9.59 Å². The maximum Gasteiger partial charge on any atom is 0.240 e. The molecule has 0 aromatic carbocycles. The van der Waals surface area contributed by atoms with Gasteiger partial charge in [0.25, 0.3) is 0 Å². The number of hydrogen-bond donors (Lipinski definition) is 1. The van der Waals surface area contributed by atoms with Crippen molar-refractivity contribution in [2.24, 2.45) is 0 Å². The molecule has 1 atom stereocenters. The number of likely N-dealkylation sites (tertiary alicyclic amines) is 1. The highest BCUT2D eigenvalue weighted by Gasteiger charge is 2.22. The Bertz CT molecular complexity index is 499. The fourth-order valence-corrected chi connectivity index (χ4v) is 2.57. The van der Waals surface area contributed by atoms with Crippen molar-refractivity contribution in [3.63, 3.8) is 0 Å². The number of amides is 2. The van der Waals surface area contributed by atoms with Crippen molar-refractivity contribution in [2.75, 3.05) is 13.1 Å². The van der Waals surface area contributed by atoms with E-state index >= 15 is 0 Å². The van der Waals surface area contributed by atoms with E-state index in [0.29, 0.717) is 13.0 Å². The smallest absolute Gasteiger partial charge is 0.240 e. The molecule has 1 fully saturated rings. The number of rotatable bonds is 6. The minimum absolute atomic E-state index is 0.0678. The largest absolute Gasteiger partial charge is 0.345 e. The van der Waals surface area contributed by atoms with Crippen molar-refractivity contribution in [1.29, 1.82) is 0 Å². The fourth-order valence-electron chi connectivity index (χ4n) is 2.57. The second-order valence-corrected chi connectivity index (χ2v) is 5.44. The fraction of sp³-hybridized carbons (Fsp3) is 0.714. The zero-order chi connectivity index (χ0) is 15.2. The first-order valence-electron chi connectivity index (χ1n) is 7.56. The van der Waals surface area contributed by atoms with E-state index in [1.807, 2.05) is 11.5 Å². The number of piperidine rings is 1. The Morgan fingerprint density at radius 1 is 1.48 bits per heavy atom. The summed E-state index contributed by atoms with van der Waals surface area (Å²) in [5.74, 6) is 0.664. The molecular formula is C14H23N5O2. The van der Waals surface area contributed by atoms with Gasteiger partial charge in [0, 0.05) is 19.5 Å². The van der Waals surface area contributed by atoms with Crippen molar-refractivity contribution in [1.82, 2.24) is 25.0 Å². The number of nitrogens with one attached hydrogen (secondary N) is 1. The van der Waals surface area contributed by atoms with Gasteiger partial charge in [-0.15, -0.1) is 10.2 Å². The second kappa shape index (κ2) is 7.19. The molecule has 2 amide bonds. The van der Waals surface area contributed by atoms with Crippen LogP contribution in [0.25, 0.3) is 0 Å². The minimum Gasteiger partial charge on any atom is -0.345 e. The molecule has 1 aliphatic rings. The monoisotopic (exact) mass is 293 g/mol. The number of aryl methyl sites for hydroxylation is 1. The first kappa shape index (κ1) is 15.5. The Morgan fingerprint density at radius 2 is 2.29 bits per heavy atom. The van der Waals surface area contributed by atoms with Gasteiger partial charge < -0.3 is 14.8 Å². The van der Waals surface area contributed by atoms with Crippen LogP contribution in [0.15, 0.2) is 6.33 Å². The summed E-state index contributed by atoms with van der Waals surface area (Å²) in [6.45, 7) is 5.59. The predicted molar refractivity (Wildman–Crippen MR) is 77.3 cm³/mol.